The van der Waals surface area contributed by atoms with Crippen LogP contribution in [0.25, 0.3) is 0 Å². The summed E-state index contributed by atoms with van der Waals surface area (Å²) >= 11 is 1.17. The Bertz CT molecular complexity index is 918. The summed E-state index contributed by atoms with van der Waals surface area (Å²) in [6.45, 7) is 1.14. The first-order valence-electron chi connectivity index (χ1n) is 11.4. The Morgan fingerprint density at radius 3 is 2.48 bits per heavy atom. The quantitative estimate of drug-likeness (QED) is 0.633. The Hall–Kier alpha value is -1.52. The van der Waals surface area contributed by atoms with Crippen LogP contribution in [-0.4, -0.2) is 50.1 Å². The van der Waals surface area contributed by atoms with E-state index < -0.39 is 26.9 Å². The number of anilines is 1. The summed E-state index contributed by atoms with van der Waals surface area (Å²) in [5, 5.41) is 3.33. The van der Waals surface area contributed by atoms with Gasteiger partial charge in [0.25, 0.3) is 0 Å². The van der Waals surface area contributed by atoms with E-state index in [1.165, 1.54) is 22.7 Å². The molecule has 1 saturated heterocycles. The maximum atomic E-state index is 13.5. The second-order valence-electron chi connectivity index (χ2n) is 9.03. The topological polar surface area (TPSA) is 122 Å². The van der Waals surface area contributed by atoms with Crippen LogP contribution in [0.1, 0.15) is 75.1 Å². The van der Waals surface area contributed by atoms with Crippen molar-refractivity contribution in [2.45, 2.75) is 80.4 Å². The summed E-state index contributed by atoms with van der Waals surface area (Å²) < 4.78 is 26.9. The number of carbonyl (C=O) groups is 2. The van der Waals surface area contributed by atoms with Crippen molar-refractivity contribution in [1.82, 2.24) is 10.3 Å². The molecule has 0 radical (unpaired) electrons. The normalized spacial score (nSPS) is 22.7. The lowest BCUT2D eigenvalue weighted by Gasteiger charge is -2.27. The highest BCUT2D eigenvalue weighted by Crippen LogP contribution is 2.42. The molecule has 2 saturated carbocycles. The third-order valence-corrected chi connectivity index (χ3v) is 10.4. The van der Waals surface area contributed by atoms with Gasteiger partial charge < -0.3 is 11.1 Å². The minimum atomic E-state index is -3.68. The van der Waals surface area contributed by atoms with Gasteiger partial charge in [0.05, 0.1) is 17.7 Å². The molecule has 1 atom stereocenters. The van der Waals surface area contributed by atoms with Gasteiger partial charge >= 0.3 is 0 Å². The van der Waals surface area contributed by atoms with Gasteiger partial charge in [-0.25, -0.2) is 13.4 Å². The van der Waals surface area contributed by atoms with Crippen LogP contribution < -0.4 is 16.0 Å². The molecule has 3 aliphatic rings. The molecule has 1 unspecified atom stereocenters. The Labute approximate surface area is 187 Å². The molecule has 31 heavy (non-hydrogen) atoms. The van der Waals surface area contributed by atoms with Gasteiger partial charge in [-0.15, -0.1) is 0 Å². The van der Waals surface area contributed by atoms with Crippen molar-refractivity contribution < 1.29 is 18.0 Å². The summed E-state index contributed by atoms with van der Waals surface area (Å²) in [6, 6.07) is 0. The number of hydrogen-bond acceptors (Lipinski definition) is 7. The summed E-state index contributed by atoms with van der Waals surface area (Å²) in [4.78, 5) is 31.0. The average Bonchev–Trinajstić information content (AvgIpc) is 3.44. The Kier molecular flexibility index (Phi) is 6.98. The van der Waals surface area contributed by atoms with Gasteiger partial charge in [0.2, 0.25) is 21.7 Å². The zero-order chi connectivity index (χ0) is 22.0. The number of piperazine rings is 1. The molecule has 2 amide bonds. The monoisotopic (exact) mass is 468 g/mol. The number of rotatable bonds is 7. The van der Waals surface area contributed by atoms with Crippen molar-refractivity contribution in [1.29, 1.82) is 0 Å². The molecule has 0 aromatic carbocycles. The first-order valence-corrected chi connectivity index (χ1v) is 13.8. The van der Waals surface area contributed by atoms with Crippen LogP contribution >= 0.6 is 11.3 Å². The summed E-state index contributed by atoms with van der Waals surface area (Å²) in [6.07, 6.45) is 9.23. The van der Waals surface area contributed by atoms with Gasteiger partial charge in [0.15, 0.2) is 5.03 Å². The number of thiazole rings is 1. The highest BCUT2D eigenvalue weighted by molar-refractivity contribution is 7.92. The molecule has 0 spiro atoms. The van der Waals surface area contributed by atoms with Crippen molar-refractivity contribution in [3.05, 3.63) is 5.01 Å². The fourth-order valence-corrected chi connectivity index (χ4v) is 8.60. The fraction of sp³-hybridized carbons (Fsp3) is 0.762. The third kappa shape index (κ3) is 4.80. The summed E-state index contributed by atoms with van der Waals surface area (Å²) in [7, 11) is -3.68. The number of hydrogen-bond donors (Lipinski definition) is 2. The van der Waals surface area contributed by atoms with Crippen molar-refractivity contribution in [3.8, 4) is 0 Å². The number of carbonyl (C=O) groups excluding carboxylic acids is 2. The van der Waals surface area contributed by atoms with Gasteiger partial charge in [-0.05, 0) is 25.2 Å². The van der Waals surface area contributed by atoms with Crippen LogP contribution in [0.3, 0.4) is 0 Å². The maximum absolute atomic E-state index is 13.5. The van der Waals surface area contributed by atoms with Crippen molar-refractivity contribution in [3.63, 3.8) is 0 Å². The first kappa shape index (κ1) is 22.7. The van der Waals surface area contributed by atoms with E-state index in [1.54, 1.807) is 0 Å². The van der Waals surface area contributed by atoms with E-state index in [9.17, 15) is 18.0 Å². The van der Waals surface area contributed by atoms with Gasteiger partial charge in [0.1, 0.15) is 10.0 Å². The molecule has 0 bridgehead atoms. The Balaban J connectivity index is 1.72. The van der Waals surface area contributed by atoms with E-state index >= 15 is 0 Å². The highest BCUT2D eigenvalue weighted by Gasteiger charge is 2.39. The number of nitrogens with zero attached hydrogens (tertiary/aromatic N) is 2. The number of sulfone groups is 1. The van der Waals surface area contributed by atoms with Gasteiger partial charge in [-0.3, -0.25) is 14.5 Å². The zero-order valence-corrected chi connectivity index (χ0v) is 19.5. The average molecular weight is 469 g/mol. The number of nitrogens with one attached hydrogen (secondary N) is 1. The van der Waals surface area contributed by atoms with Crippen molar-refractivity contribution >= 4 is 38.0 Å². The van der Waals surface area contributed by atoms with Gasteiger partial charge in [-0.2, -0.15) is 0 Å². The van der Waals surface area contributed by atoms with Gasteiger partial charge in [0, 0.05) is 13.1 Å². The highest BCUT2D eigenvalue weighted by atomic mass is 32.2. The SMILES string of the molecule is NC(=O)C(CC1CCCCC1)c1nc(S(=O)(=O)C2CCCC2)c(N2CCNCC2=O)s1. The van der Waals surface area contributed by atoms with E-state index in [0.717, 1.165) is 38.5 Å². The minimum Gasteiger partial charge on any atom is -0.369 e. The predicted octanol–water partition coefficient (Wildman–Crippen LogP) is 2.33. The van der Waals surface area contributed by atoms with E-state index in [4.69, 9.17) is 5.73 Å². The van der Waals surface area contributed by atoms with Crippen LogP contribution in [0.5, 0.6) is 0 Å². The fourth-order valence-electron chi connectivity index (χ4n) is 5.09. The van der Waals surface area contributed by atoms with Crippen LogP contribution in [0.15, 0.2) is 5.03 Å². The van der Waals surface area contributed by atoms with E-state index in [1.807, 2.05) is 0 Å². The molecule has 3 fully saturated rings. The molecule has 1 aromatic heterocycles. The molecule has 8 nitrogen and oxygen atoms in total. The molecule has 2 heterocycles. The lowest BCUT2D eigenvalue weighted by atomic mass is 9.83. The second kappa shape index (κ2) is 9.54. The van der Waals surface area contributed by atoms with Crippen LogP contribution in [0.4, 0.5) is 5.00 Å². The lowest BCUT2D eigenvalue weighted by molar-refractivity contribution is -0.120. The van der Waals surface area contributed by atoms with E-state index in [0.29, 0.717) is 48.3 Å². The van der Waals surface area contributed by atoms with Gasteiger partial charge in [-0.1, -0.05) is 56.3 Å². The van der Waals surface area contributed by atoms with Crippen LogP contribution in [0.2, 0.25) is 0 Å². The summed E-state index contributed by atoms with van der Waals surface area (Å²) in [5.74, 6) is -0.860. The zero-order valence-electron chi connectivity index (χ0n) is 17.8. The molecule has 1 aliphatic heterocycles. The first-order chi connectivity index (χ1) is 14.9. The lowest BCUT2D eigenvalue weighted by Crippen LogP contribution is -2.48. The molecule has 172 valence electrons. The van der Waals surface area contributed by atoms with Crippen LogP contribution in [-0.2, 0) is 19.4 Å². The number of aromatic nitrogens is 1. The number of amides is 2. The third-order valence-electron chi connectivity index (χ3n) is 6.88. The molecule has 2 aliphatic carbocycles. The Morgan fingerprint density at radius 1 is 1.16 bits per heavy atom. The molecular weight excluding hydrogens is 436 g/mol. The van der Waals surface area contributed by atoms with Crippen molar-refractivity contribution in [2.24, 2.45) is 11.7 Å². The summed E-state index contributed by atoms with van der Waals surface area (Å²) in [5.41, 5.74) is 5.77. The molecule has 10 heteroatoms. The largest absolute Gasteiger partial charge is 0.369 e. The predicted molar refractivity (Wildman–Crippen MR) is 120 cm³/mol. The molecule has 3 N–H and O–H groups in total. The maximum Gasteiger partial charge on any atom is 0.241 e. The Morgan fingerprint density at radius 2 is 1.84 bits per heavy atom. The molecule has 4 rings (SSSR count). The number of nitrogens with two attached hydrogens (primary N) is 1. The number of primary amides is 1. The van der Waals surface area contributed by atoms with E-state index in [-0.39, 0.29) is 17.5 Å². The van der Waals surface area contributed by atoms with E-state index in [2.05, 4.69) is 10.3 Å². The standard InChI is InChI=1S/C21H32N4O4S2/c22-18(27)16(12-14-6-2-1-3-7-14)19-24-20(31(28,29)15-8-4-5-9-15)21(30-19)25-11-10-23-13-17(25)26/h14-16,23H,1-13H2,(H2,22,27). The smallest absolute Gasteiger partial charge is 0.241 e. The molecule has 1 aromatic rings. The van der Waals surface area contributed by atoms with Crippen LogP contribution in [0, 0.1) is 5.92 Å². The van der Waals surface area contributed by atoms with Crippen molar-refractivity contribution in [2.75, 3.05) is 24.5 Å². The second-order valence-corrected chi connectivity index (χ2v) is 12.2. The molecular formula is C21H32N4O4S2. The minimum absolute atomic E-state index is 0.0236.